The third-order valence-corrected chi connectivity index (χ3v) is 6.47. The van der Waals surface area contributed by atoms with Crippen LogP contribution in [0.2, 0.25) is 0 Å². The molecule has 7 heteroatoms. The van der Waals surface area contributed by atoms with Crippen molar-refractivity contribution in [2.75, 3.05) is 29.4 Å². The van der Waals surface area contributed by atoms with E-state index in [0.717, 1.165) is 29.7 Å². The van der Waals surface area contributed by atoms with Crippen LogP contribution in [0.25, 0.3) is 0 Å². The Balaban J connectivity index is 1.80. The number of nitrogens with zero attached hydrogens (tertiary/aromatic N) is 1. The van der Waals surface area contributed by atoms with Gasteiger partial charge in [-0.05, 0) is 35.8 Å². The molecule has 0 spiro atoms. The Labute approximate surface area is 172 Å². The first-order chi connectivity index (χ1) is 13.4. The minimum absolute atomic E-state index is 0.201. The fourth-order valence-electron chi connectivity index (χ4n) is 2.79. The number of amides is 1. The molecule has 1 N–H and O–H groups in total. The van der Waals surface area contributed by atoms with Gasteiger partial charge in [0.1, 0.15) is 6.54 Å². The van der Waals surface area contributed by atoms with Crippen molar-refractivity contribution in [1.82, 2.24) is 5.32 Å². The summed E-state index contributed by atoms with van der Waals surface area (Å²) >= 11 is 1.82. The molecule has 0 unspecified atom stereocenters. The molecule has 2 rings (SSSR count). The van der Waals surface area contributed by atoms with Crippen LogP contribution in [0.3, 0.4) is 0 Å². The topological polar surface area (TPSA) is 66.5 Å². The summed E-state index contributed by atoms with van der Waals surface area (Å²) in [5.41, 5.74) is 2.76. The maximum atomic E-state index is 12.3. The van der Waals surface area contributed by atoms with E-state index in [1.165, 1.54) is 9.87 Å². The van der Waals surface area contributed by atoms with Crippen molar-refractivity contribution in [3.63, 3.8) is 0 Å². The van der Waals surface area contributed by atoms with Crippen LogP contribution in [0.1, 0.15) is 24.5 Å². The zero-order chi connectivity index (χ0) is 20.4. The summed E-state index contributed by atoms with van der Waals surface area (Å²) in [5.74, 6) is 1.60. The third kappa shape index (κ3) is 7.20. The van der Waals surface area contributed by atoms with Crippen LogP contribution in [0.4, 0.5) is 5.69 Å². The van der Waals surface area contributed by atoms with E-state index < -0.39 is 10.0 Å². The fourth-order valence-corrected chi connectivity index (χ4v) is 4.59. The quantitative estimate of drug-likeness (QED) is 0.566. The second-order valence-corrected chi connectivity index (χ2v) is 9.51. The second-order valence-electron chi connectivity index (χ2n) is 6.49. The Bertz CT molecular complexity index is 855. The van der Waals surface area contributed by atoms with Crippen LogP contribution in [0.5, 0.6) is 0 Å². The lowest BCUT2D eigenvalue weighted by molar-refractivity contribution is -0.119. The van der Waals surface area contributed by atoms with Gasteiger partial charge in [-0.15, -0.1) is 0 Å². The number of aryl methyl sites for hydroxylation is 1. The van der Waals surface area contributed by atoms with E-state index in [1.54, 1.807) is 12.1 Å². The maximum absolute atomic E-state index is 12.3. The van der Waals surface area contributed by atoms with E-state index in [2.05, 4.69) is 17.4 Å². The highest BCUT2D eigenvalue weighted by Crippen LogP contribution is 2.23. The predicted molar refractivity (Wildman–Crippen MR) is 118 cm³/mol. The Morgan fingerprint density at radius 2 is 1.75 bits per heavy atom. The standard InChI is InChI=1S/C21H28N2O3S2/c1-3-19-12-7-8-13-20(19)23(28(2,25)26)16-21(24)22-14-9-15-27-17-18-10-5-4-6-11-18/h4-8,10-13H,3,9,14-17H2,1-2H3,(H,22,24). The smallest absolute Gasteiger partial charge is 0.240 e. The third-order valence-electron chi connectivity index (χ3n) is 4.23. The van der Waals surface area contributed by atoms with Crippen LogP contribution in [-0.2, 0) is 27.0 Å². The number of para-hydroxylation sites is 1. The van der Waals surface area contributed by atoms with Gasteiger partial charge in [0.25, 0.3) is 0 Å². The fraction of sp³-hybridized carbons (Fsp3) is 0.381. The number of thioether (sulfide) groups is 1. The Morgan fingerprint density at radius 3 is 2.43 bits per heavy atom. The highest BCUT2D eigenvalue weighted by molar-refractivity contribution is 7.98. The average molecular weight is 421 g/mol. The van der Waals surface area contributed by atoms with Gasteiger partial charge in [-0.1, -0.05) is 55.5 Å². The summed E-state index contributed by atoms with van der Waals surface area (Å²) in [7, 11) is -3.55. The van der Waals surface area contributed by atoms with E-state index in [1.807, 2.05) is 49.0 Å². The van der Waals surface area contributed by atoms with E-state index in [0.29, 0.717) is 18.7 Å². The zero-order valence-corrected chi connectivity index (χ0v) is 18.1. The number of hydrogen-bond acceptors (Lipinski definition) is 4. The summed E-state index contributed by atoms with van der Waals surface area (Å²) in [6.07, 6.45) is 2.67. The minimum Gasteiger partial charge on any atom is -0.354 e. The Hall–Kier alpha value is -1.99. The first-order valence-electron chi connectivity index (χ1n) is 9.35. The number of carbonyl (C=O) groups excluding carboxylic acids is 1. The SMILES string of the molecule is CCc1ccccc1N(CC(=O)NCCCSCc1ccccc1)S(C)(=O)=O. The molecule has 0 saturated carbocycles. The van der Waals surface area contributed by atoms with Gasteiger partial charge in [0.15, 0.2) is 0 Å². The summed E-state index contributed by atoms with van der Waals surface area (Å²) in [5, 5.41) is 2.83. The molecule has 0 radical (unpaired) electrons. The van der Waals surface area contributed by atoms with Gasteiger partial charge in [-0.2, -0.15) is 11.8 Å². The monoisotopic (exact) mass is 420 g/mol. The van der Waals surface area contributed by atoms with Gasteiger partial charge in [-0.3, -0.25) is 9.10 Å². The number of hydrogen-bond donors (Lipinski definition) is 1. The minimum atomic E-state index is -3.55. The van der Waals surface area contributed by atoms with Crippen molar-refractivity contribution in [3.05, 3.63) is 65.7 Å². The molecule has 0 aliphatic carbocycles. The van der Waals surface area contributed by atoms with Crippen LogP contribution >= 0.6 is 11.8 Å². The number of benzene rings is 2. The summed E-state index contributed by atoms with van der Waals surface area (Å²) in [6, 6.07) is 17.5. The van der Waals surface area contributed by atoms with Crippen molar-refractivity contribution in [3.8, 4) is 0 Å². The van der Waals surface area contributed by atoms with E-state index in [-0.39, 0.29) is 12.5 Å². The molecule has 2 aromatic carbocycles. The van der Waals surface area contributed by atoms with Crippen molar-refractivity contribution in [2.45, 2.75) is 25.5 Å². The first-order valence-corrected chi connectivity index (χ1v) is 12.4. The molecule has 28 heavy (non-hydrogen) atoms. The largest absolute Gasteiger partial charge is 0.354 e. The lowest BCUT2D eigenvalue weighted by Crippen LogP contribution is -2.41. The van der Waals surface area contributed by atoms with Gasteiger partial charge < -0.3 is 5.32 Å². The highest BCUT2D eigenvalue weighted by atomic mass is 32.2. The normalized spacial score (nSPS) is 11.2. The van der Waals surface area contributed by atoms with Crippen molar-refractivity contribution < 1.29 is 13.2 Å². The van der Waals surface area contributed by atoms with E-state index in [9.17, 15) is 13.2 Å². The lowest BCUT2D eigenvalue weighted by atomic mass is 10.1. The molecule has 0 heterocycles. The van der Waals surface area contributed by atoms with Crippen molar-refractivity contribution in [2.24, 2.45) is 0 Å². The van der Waals surface area contributed by atoms with Crippen molar-refractivity contribution >= 4 is 33.4 Å². The highest BCUT2D eigenvalue weighted by Gasteiger charge is 2.22. The molecule has 0 bridgehead atoms. The molecule has 0 aromatic heterocycles. The van der Waals surface area contributed by atoms with Gasteiger partial charge >= 0.3 is 0 Å². The summed E-state index contributed by atoms with van der Waals surface area (Å²) in [4.78, 5) is 12.3. The predicted octanol–water partition coefficient (Wildman–Crippen LogP) is 3.45. The van der Waals surface area contributed by atoms with Gasteiger partial charge in [-0.25, -0.2) is 8.42 Å². The molecule has 0 aliphatic rings. The number of anilines is 1. The molecule has 152 valence electrons. The molecular formula is C21H28N2O3S2. The van der Waals surface area contributed by atoms with E-state index in [4.69, 9.17) is 0 Å². The number of nitrogens with one attached hydrogen (secondary N) is 1. The van der Waals surface area contributed by atoms with Gasteiger partial charge in [0.05, 0.1) is 11.9 Å². The van der Waals surface area contributed by atoms with Gasteiger partial charge in [0, 0.05) is 12.3 Å². The van der Waals surface area contributed by atoms with Crippen molar-refractivity contribution in [1.29, 1.82) is 0 Å². The molecule has 1 amide bonds. The zero-order valence-electron chi connectivity index (χ0n) is 16.4. The number of sulfonamides is 1. The lowest BCUT2D eigenvalue weighted by Gasteiger charge is -2.24. The van der Waals surface area contributed by atoms with Crippen LogP contribution < -0.4 is 9.62 Å². The average Bonchev–Trinajstić information content (AvgIpc) is 2.68. The maximum Gasteiger partial charge on any atom is 0.240 e. The Morgan fingerprint density at radius 1 is 1.07 bits per heavy atom. The number of rotatable bonds is 11. The van der Waals surface area contributed by atoms with Crippen LogP contribution in [0, 0.1) is 0 Å². The summed E-state index contributed by atoms with van der Waals surface area (Å²) in [6.45, 7) is 2.30. The summed E-state index contributed by atoms with van der Waals surface area (Å²) < 4.78 is 25.6. The van der Waals surface area contributed by atoms with Gasteiger partial charge in [0.2, 0.25) is 15.9 Å². The second kappa shape index (κ2) is 11.1. The molecular weight excluding hydrogens is 392 g/mol. The van der Waals surface area contributed by atoms with Crippen LogP contribution in [0.15, 0.2) is 54.6 Å². The molecule has 5 nitrogen and oxygen atoms in total. The molecule has 0 saturated heterocycles. The van der Waals surface area contributed by atoms with Crippen LogP contribution in [-0.4, -0.2) is 39.4 Å². The molecule has 0 atom stereocenters. The Kier molecular flexibility index (Phi) is 8.86. The first kappa shape index (κ1) is 22.3. The number of carbonyl (C=O) groups is 1. The molecule has 2 aromatic rings. The molecule has 0 aliphatic heterocycles. The molecule has 0 fully saturated rings. The van der Waals surface area contributed by atoms with E-state index >= 15 is 0 Å².